The second kappa shape index (κ2) is 5.51. The molecule has 0 spiro atoms. The molecule has 20 heavy (non-hydrogen) atoms. The zero-order valence-electron chi connectivity index (χ0n) is 11.5. The van der Waals surface area contributed by atoms with E-state index in [1.54, 1.807) is 6.07 Å². The van der Waals surface area contributed by atoms with Crippen molar-refractivity contribution in [2.45, 2.75) is 12.0 Å². The predicted octanol–water partition coefficient (Wildman–Crippen LogP) is 2.11. The molecule has 1 fully saturated rings. The number of nitrogens with zero attached hydrogens (tertiary/aromatic N) is 1. The number of carbonyl (C=O) groups excluding carboxylic acids is 1. The summed E-state index contributed by atoms with van der Waals surface area (Å²) in [7, 11) is 2.08. The highest BCUT2D eigenvalue weighted by molar-refractivity contribution is 5.94. The van der Waals surface area contributed by atoms with Crippen molar-refractivity contribution >= 4 is 5.91 Å². The highest BCUT2D eigenvalue weighted by Gasteiger charge is 2.33. The SMILES string of the molecule is CN1CC(NC(=O)c2ccoc2)C(c2ccccc2)C1. The molecule has 2 aromatic rings. The Morgan fingerprint density at radius 3 is 2.75 bits per heavy atom. The van der Waals surface area contributed by atoms with E-state index in [4.69, 9.17) is 4.42 Å². The minimum absolute atomic E-state index is 0.0695. The summed E-state index contributed by atoms with van der Waals surface area (Å²) in [5.41, 5.74) is 1.85. The van der Waals surface area contributed by atoms with Gasteiger partial charge in [0.15, 0.2) is 0 Å². The quantitative estimate of drug-likeness (QED) is 0.929. The molecule has 0 aliphatic carbocycles. The first-order chi connectivity index (χ1) is 9.74. The summed E-state index contributed by atoms with van der Waals surface area (Å²) in [5.74, 6) is 0.261. The number of likely N-dealkylation sites (tertiary alicyclic amines) is 1. The maximum Gasteiger partial charge on any atom is 0.254 e. The Morgan fingerprint density at radius 1 is 1.25 bits per heavy atom. The van der Waals surface area contributed by atoms with Crippen LogP contribution >= 0.6 is 0 Å². The van der Waals surface area contributed by atoms with Crippen molar-refractivity contribution in [2.75, 3.05) is 20.1 Å². The molecule has 1 aromatic carbocycles. The van der Waals surface area contributed by atoms with Crippen LogP contribution in [0.1, 0.15) is 21.8 Å². The standard InChI is InChI=1S/C16H18N2O2/c1-18-9-14(12-5-3-2-4-6-12)15(10-18)17-16(19)13-7-8-20-11-13/h2-8,11,14-15H,9-10H2,1H3,(H,17,19). The number of carbonyl (C=O) groups is 1. The van der Waals surface area contributed by atoms with E-state index >= 15 is 0 Å². The lowest BCUT2D eigenvalue weighted by atomic mass is 9.94. The summed E-state index contributed by atoms with van der Waals surface area (Å²) < 4.78 is 4.96. The van der Waals surface area contributed by atoms with Crippen molar-refractivity contribution in [1.82, 2.24) is 10.2 Å². The molecule has 2 unspecified atom stereocenters. The third kappa shape index (κ3) is 2.60. The van der Waals surface area contributed by atoms with Gasteiger partial charge in [0.25, 0.3) is 5.91 Å². The summed E-state index contributed by atoms with van der Waals surface area (Å²) in [4.78, 5) is 14.4. The van der Waals surface area contributed by atoms with Crippen LogP contribution < -0.4 is 5.32 Å². The molecule has 1 aromatic heterocycles. The van der Waals surface area contributed by atoms with Gasteiger partial charge in [0.05, 0.1) is 11.8 Å². The molecule has 4 nitrogen and oxygen atoms in total. The average molecular weight is 270 g/mol. The van der Waals surface area contributed by atoms with Gasteiger partial charge in [-0.1, -0.05) is 30.3 Å². The molecular formula is C16H18N2O2. The Kier molecular flexibility index (Phi) is 3.56. The van der Waals surface area contributed by atoms with Gasteiger partial charge < -0.3 is 14.6 Å². The lowest BCUT2D eigenvalue weighted by Crippen LogP contribution is -2.39. The van der Waals surface area contributed by atoms with Gasteiger partial charge in [-0.3, -0.25) is 4.79 Å². The predicted molar refractivity (Wildman–Crippen MR) is 76.6 cm³/mol. The third-order valence-corrected chi connectivity index (χ3v) is 3.83. The maximum absolute atomic E-state index is 12.2. The highest BCUT2D eigenvalue weighted by atomic mass is 16.3. The van der Waals surface area contributed by atoms with Crippen molar-refractivity contribution < 1.29 is 9.21 Å². The number of benzene rings is 1. The summed E-state index contributed by atoms with van der Waals surface area (Å²) in [6, 6.07) is 12.2. The van der Waals surface area contributed by atoms with E-state index in [-0.39, 0.29) is 11.9 Å². The molecule has 2 heterocycles. The number of hydrogen-bond donors (Lipinski definition) is 1. The van der Waals surface area contributed by atoms with E-state index in [2.05, 4.69) is 29.4 Å². The summed E-state index contributed by atoms with van der Waals surface area (Å²) in [6.07, 6.45) is 3.00. The molecule has 2 atom stereocenters. The van der Waals surface area contributed by atoms with Crippen LogP contribution in [0.25, 0.3) is 0 Å². The van der Waals surface area contributed by atoms with Crippen LogP contribution in [0.2, 0.25) is 0 Å². The van der Waals surface area contributed by atoms with Gasteiger partial charge in [-0.2, -0.15) is 0 Å². The minimum atomic E-state index is -0.0695. The second-order valence-corrected chi connectivity index (χ2v) is 5.33. The van der Waals surface area contributed by atoms with E-state index in [1.165, 1.54) is 18.1 Å². The molecule has 1 amide bonds. The molecule has 104 valence electrons. The van der Waals surface area contributed by atoms with Crippen LogP contribution in [0, 0.1) is 0 Å². The molecule has 1 aliphatic heterocycles. The van der Waals surface area contributed by atoms with E-state index in [0.717, 1.165) is 13.1 Å². The summed E-state index contributed by atoms with van der Waals surface area (Å²) in [5, 5.41) is 3.12. The zero-order valence-corrected chi connectivity index (χ0v) is 11.5. The van der Waals surface area contributed by atoms with Crippen molar-refractivity contribution in [2.24, 2.45) is 0 Å². The highest BCUT2D eigenvalue weighted by Crippen LogP contribution is 2.26. The van der Waals surface area contributed by atoms with Crippen LogP contribution in [0.15, 0.2) is 53.3 Å². The van der Waals surface area contributed by atoms with Gasteiger partial charge in [0.1, 0.15) is 6.26 Å². The monoisotopic (exact) mass is 270 g/mol. The molecule has 4 heteroatoms. The number of nitrogens with one attached hydrogen (secondary N) is 1. The fraction of sp³-hybridized carbons (Fsp3) is 0.312. The number of amides is 1. The van der Waals surface area contributed by atoms with Crippen LogP contribution in [0.3, 0.4) is 0 Å². The van der Waals surface area contributed by atoms with Gasteiger partial charge in [-0.05, 0) is 18.7 Å². The van der Waals surface area contributed by atoms with Gasteiger partial charge in [-0.25, -0.2) is 0 Å². The second-order valence-electron chi connectivity index (χ2n) is 5.33. The Bertz CT molecular complexity index is 565. The average Bonchev–Trinajstić information content (AvgIpc) is 3.09. The van der Waals surface area contributed by atoms with Crippen LogP contribution in [-0.4, -0.2) is 37.0 Å². The van der Waals surface area contributed by atoms with Gasteiger partial charge >= 0.3 is 0 Å². The van der Waals surface area contributed by atoms with Crippen molar-refractivity contribution in [3.05, 3.63) is 60.1 Å². The van der Waals surface area contributed by atoms with E-state index < -0.39 is 0 Å². The number of furan rings is 1. The van der Waals surface area contributed by atoms with Crippen LogP contribution in [0.4, 0.5) is 0 Å². The smallest absolute Gasteiger partial charge is 0.254 e. The summed E-state index contributed by atoms with van der Waals surface area (Å²) >= 11 is 0. The zero-order chi connectivity index (χ0) is 13.9. The molecule has 1 N–H and O–H groups in total. The van der Waals surface area contributed by atoms with Gasteiger partial charge in [0, 0.05) is 25.0 Å². The largest absolute Gasteiger partial charge is 0.472 e. The number of rotatable bonds is 3. The topological polar surface area (TPSA) is 45.5 Å². The van der Waals surface area contributed by atoms with Gasteiger partial charge in [0.2, 0.25) is 0 Å². The number of likely N-dealkylation sites (N-methyl/N-ethyl adjacent to an activating group) is 1. The lowest BCUT2D eigenvalue weighted by Gasteiger charge is -2.20. The van der Waals surface area contributed by atoms with Gasteiger partial charge in [-0.15, -0.1) is 0 Å². The molecule has 0 radical (unpaired) electrons. The Balaban J connectivity index is 1.76. The van der Waals surface area contributed by atoms with E-state index in [1.807, 2.05) is 18.2 Å². The first-order valence-electron chi connectivity index (χ1n) is 6.80. The van der Waals surface area contributed by atoms with Crippen molar-refractivity contribution in [1.29, 1.82) is 0 Å². The first-order valence-corrected chi connectivity index (χ1v) is 6.80. The number of hydrogen-bond acceptors (Lipinski definition) is 3. The maximum atomic E-state index is 12.2. The molecule has 1 aliphatic rings. The first kappa shape index (κ1) is 12.9. The molecule has 1 saturated heterocycles. The fourth-order valence-electron chi connectivity index (χ4n) is 2.83. The minimum Gasteiger partial charge on any atom is -0.472 e. The van der Waals surface area contributed by atoms with Crippen LogP contribution in [-0.2, 0) is 0 Å². The molecule has 0 bridgehead atoms. The van der Waals surface area contributed by atoms with E-state index in [9.17, 15) is 4.79 Å². The Hall–Kier alpha value is -2.07. The van der Waals surface area contributed by atoms with Crippen LogP contribution in [0.5, 0.6) is 0 Å². The molecule has 0 saturated carbocycles. The molecule has 3 rings (SSSR count). The normalized spacial score (nSPS) is 22.9. The lowest BCUT2D eigenvalue weighted by molar-refractivity contribution is 0.0935. The molecular weight excluding hydrogens is 252 g/mol. The Labute approximate surface area is 118 Å². The van der Waals surface area contributed by atoms with Crippen molar-refractivity contribution in [3.8, 4) is 0 Å². The Morgan fingerprint density at radius 2 is 2.05 bits per heavy atom. The van der Waals surface area contributed by atoms with Crippen molar-refractivity contribution in [3.63, 3.8) is 0 Å². The fourth-order valence-corrected chi connectivity index (χ4v) is 2.83. The summed E-state index contributed by atoms with van der Waals surface area (Å²) in [6.45, 7) is 1.82. The third-order valence-electron chi connectivity index (χ3n) is 3.83. The van der Waals surface area contributed by atoms with E-state index in [0.29, 0.717) is 11.5 Å².